The number of nitrogens with one attached hydrogen (secondary N) is 1. The molecule has 0 spiro atoms. The number of benzene rings is 3. The summed E-state index contributed by atoms with van der Waals surface area (Å²) in [5, 5.41) is 0.598. The van der Waals surface area contributed by atoms with Crippen molar-refractivity contribution in [3.8, 4) is 11.1 Å². The fourth-order valence-electron chi connectivity index (χ4n) is 3.92. The Morgan fingerprint density at radius 1 is 0.892 bits per heavy atom. The van der Waals surface area contributed by atoms with Crippen LogP contribution in [0.15, 0.2) is 95.9 Å². The van der Waals surface area contributed by atoms with Crippen LogP contribution < -0.4 is 4.72 Å². The Morgan fingerprint density at radius 2 is 1.57 bits per heavy atom. The average Bonchev–Trinajstić information content (AvgIpc) is 3.20. The summed E-state index contributed by atoms with van der Waals surface area (Å²) in [5.41, 5.74) is 3.95. The van der Waals surface area contributed by atoms with E-state index in [0.717, 1.165) is 16.7 Å². The summed E-state index contributed by atoms with van der Waals surface area (Å²) < 4.78 is 29.1. The topological polar surface area (TPSA) is 93.9 Å². The number of aryl methyl sites for hydroxylation is 1. The Kier molecular flexibility index (Phi) is 8.16. The Morgan fingerprint density at radius 3 is 2.24 bits per heavy atom. The molecule has 0 unspecified atom stereocenters. The van der Waals surface area contributed by atoms with Gasteiger partial charge in [0.2, 0.25) is 0 Å². The first-order chi connectivity index (χ1) is 17.3. The molecule has 37 heavy (non-hydrogen) atoms. The quantitative estimate of drug-likeness (QED) is 0.318. The number of carbonyl (C=O) groups excluding carboxylic acids is 1. The second-order valence-corrected chi connectivity index (χ2v) is 10.3. The molecule has 2 heterocycles. The molecule has 0 bridgehead atoms. The van der Waals surface area contributed by atoms with Gasteiger partial charge in [-0.15, -0.1) is 0 Å². The molecule has 1 amide bonds. The summed E-state index contributed by atoms with van der Waals surface area (Å²) in [6, 6.07) is 26.6. The Labute approximate surface area is 241 Å². The van der Waals surface area contributed by atoms with Crippen LogP contribution in [-0.4, -0.2) is 58.4 Å². The van der Waals surface area contributed by atoms with Gasteiger partial charge in [-0.2, -0.15) is 0 Å². The van der Waals surface area contributed by atoms with Crippen molar-refractivity contribution in [1.29, 1.82) is 0 Å². The molecule has 7 nitrogen and oxygen atoms in total. The van der Waals surface area contributed by atoms with Crippen molar-refractivity contribution in [2.75, 3.05) is 0 Å². The second kappa shape index (κ2) is 11.2. The molecule has 0 saturated heterocycles. The molecular formula is C27H22ClN4NaO3S. The van der Waals surface area contributed by atoms with E-state index >= 15 is 0 Å². The number of aromatic nitrogens is 3. The summed E-state index contributed by atoms with van der Waals surface area (Å²) in [4.78, 5) is 21.8. The molecular weight excluding hydrogens is 519 g/mol. The predicted molar refractivity (Wildman–Crippen MR) is 146 cm³/mol. The van der Waals surface area contributed by atoms with Crippen molar-refractivity contribution in [2.45, 2.75) is 18.4 Å². The van der Waals surface area contributed by atoms with Crippen molar-refractivity contribution in [1.82, 2.24) is 19.3 Å². The van der Waals surface area contributed by atoms with Crippen LogP contribution >= 0.6 is 11.6 Å². The summed E-state index contributed by atoms with van der Waals surface area (Å²) >= 11 is 6.63. The van der Waals surface area contributed by atoms with E-state index in [4.69, 9.17) is 11.6 Å². The summed E-state index contributed by atoms with van der Waals surface area (Å²) in [6.45, 7) is 2.23. The van der Waals surface area contributed by atoms with Crippen molar-refractivity contribution in [3.05, 3.63) is 113 Å². The first kappa shape index (κ1) is 27.0. The summed E-state index contributed by atoms with van der Waals surface area (Å²) in [6.07, 6.45) is 0. The van der Waals surface area contributed by atoms with Gasteiger partial charge in [-0.1, -0.05) is 72.3 Å². The number of amides is 1. The molecule has 0 aliphatic carbocycles. The van der Waals surface area contributed by atoms with Gasteiger partial charge < -0.3 is 4.57 Å². The second-order valence-electron chi connectivity index (χ2n) is 8.20. The van der Waals surface area contributed by atoms with E-state index in [9.17, 15) is 13.2 Å². The Balaban J connectivity index is 0.00000320. The molecule has 0 atom stereocenters. The summed E-state index contributed by atoms with van der Waals surface area (Å²) in [5.74, 6) is -0.133. The number of hydrogen-bond acceptors (Lipinski definition) is 5. The molecule has 3 aromatic carbocycles. The van der Waals surface area contributed by atoms with Gasteiger partial charge >= 0.3 is 29.6 Å². The minimum absolute atomic E-state index is 0. The van der Waals surface area contributed by atoms with E-state index in [0.29, 0.717) is 28.6 Å². The molecule has 182 valence electrons. The third kappa shape index (κ3) is 5.79. The number of imidazole rings is 1. The molecule has 0 saturated carbocycles. The van der Waals surface area contributed by atoms with E-state index in [1.165, 1.54) is 18.2 Å². The molecule has 1 N–H and O–H groups in total. The van der Waals surface area contributed by atoms with Crippen LogP contribution in [0.1, 0.15) is 21.9 Å². The molecule has 0 aliphatic rings. The van der Waals surface area contributed by atoms with Gasteiger partial charge in [-0.3, -0.25) is 4.79 Å². The van der Waals surface area contributed by atoms with Crippen molar-refractivity contribution in [3.63, 3.8) is 0 Å². The zero-order chi connectivity index (χ0) is 25.3. The monoisotopic (exact) mass is 540 g/mol. The molecule has 0 radical (unpaired) electrons. The van der Waals surface area contributed by atoms with E-state index < -0.39 is 15.9 Å². The third-order valence-electron chi connectivity index (χ3n) is 5.78. The van der Waals surface area contributed by atoms with Gasteiger partial charge in [0.1, 0.15) is 17.0 Å². The van der Waals surface area contributed by atoms with Gasteiger partial charge in [-0.05, 0) is 53.9 Å². The molecule has 5 rings (SSSR count). The first-order valence-corrected chi connectivity index (χ1v) is 13.0. The number of hydrogen-bond donors (Lipinski definition) is 1. The maximum absolute atomic E-state index is 12.8. The number of pyridine rings is 1. The number of fused-ring (bicyclic) bond motifs is 1. The number of nitrogens with zero attached hydrogens (tertiary/aromatic N) is 3. The number of carbonyl (C=O) groups is 1. The molecule has 5 aromatic rings. The molecule has 0 fully saturated rings. The molecule has 10 heteroatoms. The Hall–Kier alpha value is -3.01. The van der Waals surface area contributed by atoms with Crippen LogP contribution in [0.4, 0.5) is 0 Å². The van der Waals surface area contributed by atoms with Crippen LogP contribution in [0.25, 0.3) is 22.3 Å². The van der Waals surface area contributed by atoms with Crippen LogP contribution in [-0.2, 0) is 16.6 Å². The van der Waals surface area contributed by atoms with Crippen LogP contribution in [0, 0.1) is 6.92 Å². The fraction of sp³-hybridized carbons (Fsp3) is 0.0741. The SMILES string of the molecule is Cc1nc2ccc(C(=O)NS(=O)(=O)c3ccccc3)nc2n1Cc1ccc(-c2ccccc2)cc1Cl.[NaH]. The first-order valence-electron chi connectivity index (χ1n) is 11.1. The standard InChI is InChI=1S/C27H21ClN4O3S.Na.H/c1-18-29-24-14-15-25(27(33)31-36(34,35)22-10-6-3-7-11-22)30-26(24)32(18)17-21-13-12-20(16-23(21)28)19-8-4-2-5-9-19;;/h2-16H,17H2,1H3,(H,31,33);;. The normalized spacial score (nSPS) is 11.2. The van der Waals surface area contributed by atoms with Gasteiger partial charge in [0.15, 0.2) is 5.65 Å². The number of sulfonamides is 1. The van der Waals surface area contributed by atoms with Crippen LogP contribution in [0.2, 0.25) is 5.02 Å². The van der Waals surface area contributed by atoms with Crippen LogP contribution in [0.5, 0.6) is 0 Å². The molecule has 2 aromatic heterocycles. The van der Waals surface area contributed by atoms with Crippen molar-refractivity contribution in [2.24, 2.45) is 0 Å². The zero-order valence-electron chi connectivity index (χ0n) is 19.2. The van der Waals surface area contributed by atoms with Crippen LogP contribution in [0.3, 0.4) is 0 Å². The minimum atomic E-state index is -4.03. The zero-order valence-corrected chi connectivity index (χ0v) is 20.8. The summed E-state index contributed by atoms with van der Waals surface area (Å²) in [7, 11) is -4.03. The third-order valence-corrected chi connectivity index (χ3v) is 7.48. The van der Waals surface area contributed by atoms with E-state index in [1.807, 2.05) is 60.0 Å². The molecule has 0 aliphatic heterocycles. The van der Waals surface area contributed by atoms with Gasteiger partial charge in [0, 0.05) is 5.02 Å². The van der Waals surface area contributed by atoms with Crippen molar-refractivity contribution < 1.29 is 13.2 Å². The van der Waals surface area contributed by atoms with E-state index in [1.54, 1.807) is 24.3 Å². The van der Waals surface area contributed by atoms with Gasteiger partial charge in [0.05, 0.1) is 11.4 Å². The maximum atomic E-state index is 12.8. The fourth-order valence-corrected chi connectivity index (χ4v) is 5.14. The van der Waals surface area contributed by atoms with Gasteiger partial charge in [-0.25, -0.2) is 23.1 Å². The Bertz CT molecular complexity index is 1690. The number of rotatable bonds is 6. The number of halogens is 1. The van der Waals surface area contributed by atoms with Gasteiger partial charge in [0.25, 0.3) is 15.9 Å². The van der Waals surface area contributed by atoms with Crippen molar-refractivity contribution >= 4 is 68.3 Å². The van der Waals surface area contributed by atoms with E-state index in [-0.39, 0.29) is 40.1 Å². The van der Waals surface area contributed by atoms with E-state index in [2.05, 4.69) is 14.7 Å². The average molecular weight is 541 g/mol. The predicted octanol–water partition coefficient (Wildman–Crippen LogP) is 4.58.